The topological polar surface area (TPSA) is 54.3 Å². The lowest BCUT2D eigenvalue weighted by Crippen LogP contribution is -2.24. The Morgan fingerprint density at radius 2 is 2.46 bits per heavy atom. The maximum Gasteiger partial charge on any atom is 0.162 e. The van der Waals surface area contributed by atoms with Crippen LogP contribution in [0.5, 0.6) is 0 Å². The molecule has 2 saturated heterocycles. The van der Waals surface area contributed by atoms with E-state index in [1.165, 1.54) is 0 Å². The molecule has 0 spiro atoms. The van der Waals surface area contributed by atoms with E-state index in [0.717, 1.165) is 19.5 Å². The van der Waals surface area contributed by atoms with Gasteiger partial charge in [-0.05, 0) is 13.0 Å². The Labute approximate surface area is 77.8 Å². The zero-order chi connectivity index (χ0) is 9.10. The van der Waals surface area contributed by atoms with Crippen LogP contribution in [0.3, 0.4) is 0 Å². The Kier molecular flexibility index (Phi) is 2.79. The van der Waals surface area contributed by atoms with Gasteiger partial charge in [0.05, 0.1) is 25.2 Å². The monoisotopic (exact) mass is 182 g/mol. The average molecular weight is 182 g/mol. The summed E-state index contributed by atoms with van der Waals surface area (Å²) in [6, 6.07) is 2.10. The number of rotatable bonds is 2. The van der Waals surface area contributed by atoms with Crippen molar-refractivity contribution in [2.75, 3.05) is 19.7 Å². The van der Waals surface area contributed by atoms with Crippen molar-refractivity contribution in [1.82, 2.24) is 5.32 Å². The first-order chi connectivity index (χ1) is 6.40. The van der Waals surface area contributed by atoms with Gasteiger partial charge >= 0.3 is 0 Å². The summed E-state index contributed by atoms with van der Waals surface area (Å²) in [6.45, 7) is 2.61. The second kappa shape index (κ2) is 4.05. The quantitative estimate of drug-likeness (QED) is 0.665. The fourth-order valence-electron chi connectivity index (χ4n) is 1.84. The van der Waals surface area contributed by atoms with Gasteiger partial charge in [-0.15, -0.1) is 0 Å². The molecule has 0 saturated carbocycles. The summed E-state index contributed by atoms with van der Waals surface area (Å²) in [5.41, 5.74) is 0. The van der Waals surface area contributed by atoms with Crippen LogP contribution in [-0.2, 0) is 9.47 Å². The van der Waals surface area contributed by atoms with Crippen LogP contribution in [0.4, 0.5) is 0 Å². The molecule has 2 aliphatic heterocycles. The molecule has 0 aromatic heterocycles. The molecule has 0 bridgehead atoms. The minimum Gasteiger partial charge on any atom is -0.350 e. The molecule has 3 atom stereocenters. The number of nitriles is 1. The van der Waals surface area contributed by atoms with Crippen LogP contribution >= 0.6 is 0 Å². The highest BCUT2D eigenvalue weighted by Crippen LogP contribution is 2.24. The van der Waals surface area contributed by atoms with Gasteiger partial charge in [0.25, 0.3) is 0 Å². The number of nitrogens with zero attached hydrogens (tertiary/aromatic N) is 1. The maximum absolute atomic E-state index is 8.48. The highest BCUT2D eigenvalue weighted by atomic mass is 16.7. The Bertz CT molecular complexity index is 208. The van der Waals surface area contributed by atoms with Gasteiger partial charge < -0.3 is 14.8 Å². The first-order valence-corrected chi connectivity index (χ1v) is 4.75. The van der Waals surface area contributed by atoms with Crippen LogP contribution in [0.25, 0.3) is 0 Å². The van der Waals surface area contributed by atoms with Crippen molar-refractivity contribution in [2.45, 2.75) is 25.2 Å². The lowest BCUT2D eigenvalue weighted by molar-refractivity contribution is -0.0904. The number of hydrogen-bond acceptors (Lipinski definition) is 4. The van der Waals surface area contributed by atoms with E-state index in [1.807, 2.05) is 0 Å². The van der Waals surface area contributed by atoms with Crippen molar-refractivity contribution in [2.24, 2.45) is 5.92 Å². The van der Waals surface area contributed by atoms with E-state index < -0.39 is 0 Å². The molecule has 0 amide bonds. The van der Waals surface area contributed by atoms with Crippen molar-refractivity contribution in [3.63, 3.8) is 0 Å². The summed E-state index contributed by atoms with van der Waals surface area (Å²) >= 11 is 0. The molecule has 4 nitrogen and oxygen atoms in total. The van der Waals surface area contributed by atoms with Gasteiger partial charge in [-0.3, -0.25) is 0 Å². The van der Waals surface area contributed by atoms with Gasteiger partial charge in [0.1, 0.15) is 0 Å². The van der Waals surface area contributed by atoms with E-state index in [9.17, 15) is 0 Å². The molecule has 0 aromatic carbocycles. The average Bonchev–Trinajstić information content (AvgIpc) is 2.70. The van der Waals surface area contributed by atoms with Gasteiger partial charge in [-0.1, -0.05) is 0 Å². The zero-order valence-corrected chi connectivity index (χ0v) is 7.53. The predicted octanol–water partition coefficient (Wildman–Crippen LogP) is 0.251. The lowest BCUT2D eigenvalue weighted by Gasteiger charge is -2.15. The normalized spacial score (nSPS) is 39.2. The Morgan fingerprint density at radius 1 is 1.54 bits per heavy atom. The summed E-state index contributed by atoms with van der Waals surface area (Å²) < 4.78 is 11.1. The molecule has 72 valence electrons. The van der Waals surface area contributed by atoms with E-state index in [1.54, 1.807) is 0 Å². The Hall–Kier alpha value is -0.630. The van der Waals surface area contributed by atoms with E-state index in [4.69, 9.17) is 14.7 Å². The van der Waals surface area contributed by atoms with Crippen LogP contribution < -0.4 is 5.32 Å². The third-order valence-electron chi connectivity index (χ3n) is 2.58. The number of hydrogen-bond donors (Lipinski definition) is 1. The van der Waals surface area contributed by atoms with E-state index >= 15 is 0 Å². The van der Waals surface area contributed by atoms with Crippen LogP contribution in [0.1, 0.15) is 12.8 Å². The molecule has 0 radical (unpaired) electrons. The van der Waals surface area contributed by atoms with E-state index in [2.05, 4.69) is 11.4 Å². The molecule has 1 N–H and O–H groups in total. The standard InChI is InChI=1S/C9H14N2O2/c10-3-1-8-6-12-9(13-8)7-2-4-11-5-7/h7-9,11H,1-2,4-6H2. The number of nitrogens with one attached hydrogen (secondary N) is 1. The molecular weight excluding hydrogens is 168 g/mol. The van der Waals surface area contributed by atoms with Gasteiger partial charge in [-0.25, -0.2) is 0 Å². The highest BCUT2D eigenvalue weighted by Gasteiger charge is 2.33. The van der Waals surface area contributed by atoms with Crippen molar-refractivity contribution in [3.05, 3.63) is 0 Å². The van der Waals surface area contributed by atoms with Gasteiger partial charge in [0.2, 0.25) is 0 Å². The van der Waals surface area contributed by atoms with Gasteiger partial charge in [-0.2, -0.15) is 5.26 Å². The molecule has 2 aliphatic rings. The Balaban J connectivity index is 1.80. The van der Waals surface area contributed by atoms with Gasteiger partial charge in [0, 0.05) is 12.5 Å². The SMILES string of the molecule is N#CCC1COC(C2CCNC2)O1. The van der Waals surface area contributed by atoms with Crippen molar-refractivity contribution in [3.8, 4) is 6.07 Å². The lowest BCUT2D eigenvalue weighted by atomic mass is 10.1. The molecule has 13 heavy (non-hydrogen) atoms. The smallest absolute Gasteiger partial charge is 0.162 e. The fraction of sp³-hybridized carbons (Fsp3) is 0.889. The van der Waals surface area contributed by atoms with Crippen LogP contribution in [0.2, 0.25) is 0 Å². The summed E-state index contributed by atoms with van der Waals surface area (Å²) in [6.07, 6.45) is 1.48. The second-order valence-electron chi connectivity index (χ2n) is 3.57. The summed E-state index contributed by atoms with van der Waals surface area (Å²) in [5, 5.41) is 11.8. The summed E-state index contributed by atoms with van der Waals surface area (Å²) in [5.74, 6) is 0.476. The minimum atomic E-state index is -0.0756. The summed E-state index contributed by atoms with van der Waals surface area (Å²) in [7, 11) is 0. The predicted molar refractivity (Wildman–Crippen MR) is 45.8 cm³/mol. The molecule has 0 aliphatic carbocycles. The van der Waals surface area contributed by atoms with Crippen molar-refractivity contribution in [1.29, 1.82) is 5.26 Å². The highest BCUT2D eigenvalue weighted by molar-refractivity contribution is 4.83. The zero-order valence-electron chi connectivity index (χ0n) is 7.53. The first kappa shape index (κ1) is 8.95. The largest absolute Gasteiger partial charge is 0.350 e. The first-order valence-electron chi connectivity index (χ1n) is 4.75. The molecule has 3 unspecified atom stereocenters. The van der Waals surface area contributed by atoms with Crippen molar-refractivity contribution >= 4 is 0 Å². The van der Waals surface area contributed by atoms with Crippen LogP contribution in [-0.4, -0.2) is 32.1 Å². The van der Waals surface area contributed by atoms with Crippen molar-refractivity contribution < 1.29 is 9.47 Å². The molecule has 2 heterocycles. The molecule has 0 aromatic rings. The molecule has 4 heteroatoms. The van der Waals surface area contributed by atoms with E-state index in [-0.39, 0.29) is 12.4 Å². The molecule has 2 rings (SSSR count). The minimum absolute atomic E-state index is 0.00407. The molecular formula is C9H14N2O2. The van der Waals surface area contributed by atoms with Crippen LogP contribution in [0, 0.1) is 17.2 Å². The van der Waals surface area contributed by atoms with E-state index in [0.29, 0.717) is 18.9 Å². The van der Waals surface area contributed by atoms with Gasteiger partial charge in [0.15, 0.2) is 6.29 Å². The molecule has 2 fully saturated rings. The summed E-state index contributed by atoms with van der Waals surface area (Å²) in [4.78, 5) is 0. The third-order valence-corrected chi connectivity index (χ3v) is 2.58. The fourth-order valence-corrected chi connectivity index (χ4v) is 1.84. The number of ether oxygens (including phenoxy) is 2. The third kappa shape index (κ3) is 1.99. The van der Waals surface area contributed by atoms with Crippen LogP contribution in [0.15, 0.2) is 0 Å². The maximum atomic E-state index is 8.48. The Morgan fingerprint density at radius 3 is 3.15 bits per heavy atom. The second-order valence-corrected chi connectivity index (χ2v) is 3.57.